The van der Waals surface area contributed by atoms with Crippen LogP contribution in [0.1, 0.15) is 50.2 Å². The Hall–Kier alpha value is -2.79. The predicted molar refractivity (Wildman–Crippen MR) is 123 cm³/mol. The molecule has 1 heterocycles. The van der Waals surface area contributed by atoms with Gasteiger partial charge in [0.1, 0.15) is 0 Å². The Morgan fingerprint density at radius 3 is 2.39 bits per heavy atom. The van der Waals surface area contributed by atoms with Crippen molar-refractivity contribution in [2.45, 2.75) is 39.0 Å². The standard InChI is InChI=1S/C25H27ClN2O3/c1-25(2,3)15-31-22-10-9-19(12-23(22)30-4)28-24(29)11-17(14-27-28)21-13-20(21)16-5-7-18(26)8-6-16/h5-12,14,20-21H,13,15H2,1-4H3. The van der Waals surface area contributed by atoms with Crippen molar-refractivity contribution in [3.63, 3.8) is 0 Å². The lowest BCUT2D eigenvalue weighted by Gasteiger charge is -2.20. The maximum atomic E-state index is 12.8. The summed E-state index contributed by atoms with van der Waals surface area (Å²) in [5.41, 5.74) is 2.73. The van der Waals surface area contributed by atoms with E-state index in [0.717, 1.165) is 17.0 Å². The van der Waals surface area contributed by atoms with Gasteiger partial charge in [0.15, 0.2) is 11.5 Å². The molecule has 2 aromatic carbocycles. The van der Waals surface area contributed by atoms with Crippen molar-refractivity contribution >= 4 is 11.6 Å². The van der Waals surface area contributed by atoms with Gasteiger partial charge in [-0.05, 0) is 59.1 Å². The molecule has 1 aliphatic rings. The second kappa shape index (κ2) is 8.39. The van der Waals surface area contributed by atoms with Crippen LogP contribution in [0.25, 0.3) is 5.69 Å². The smallest absolute Gasteiger partial charge is 0.271 e. The minimum absolute atomic E-state index is 0.0324. The summed E-state index contributed by atoms with van der Waals surface area (Å²) >= 11 is 5.98. The number of methoxy groups -OCH3 is 1. The molecule has 0 aliphatic heterocycles. The number of halogens is 1. The van der Waals surface area contributed by atoms with Gasteiger partial charge in [-0.2, -0.15) is 9.78 Å². The van der Waals surface area contributed by atoms with E-state index in [9.17, 15) is 4.79 Å². The fourth-order valence-corrected chi connectivity index (χ4v) is 3.79. The largest absolute Gasteiger partial charge is 0.493 e. The van der Waals surface area contributed by atoms with E-state index in [-0.39, 0.29) is 11.0 Å². The number of nitrogens with zero attached hydrogens (tertiary/aromatic N) is 2. The van der Waals surface area contributed by atoms with Gasteiger partial charge in [-0.25, -0.2) is 0 Å². The number of hydrogen-bond donors (Lipinski definition) is 0. The third-order valence-electron chi connectivity index (χ3n) is 5.39. The summed E-state index contributed by atoms with van der Waals surface area (Å²) in [6, 6.07) is 15.0. The lowest BCUT2D eigenvalue weighted by molar-refractivity contribution is 0.191. The van der Waals surface area contributed by atoms with Gasteiger partial charge in [-0.3, -0.25) is 4.79 Å². The average Bonchev–Trinajstić information content (AvgIpc) is 3.53. The van der Waals surface area contributed by atoms with Crippen LogP contribution in [-0.4, -0.2) is 23.5 Å². The van der Waals surface area contributed by atoms with Crippen LogP contribution in [0.3, 0.4) is 0 Å². The summed E-state index contributed by atoms with van der Waals surface area (Å²) in [4.78, 5) is 12.8. The average molecular weight is 439 g/mol. The molecule has 0 spiro atoms. The third kappa shape index (κ3) is 4.93. The molecule has 0 saturated heterocycles. The van der Waals surface area contributed by atoms with Crippen molar-refractivity contribution in [1.82, 2.24) is 9.78 Å². The van der Waals surface area contributed by atoms with Crippen molar-refractivity contribution in [2.24, 2.45) is 5.41 Å². The van der Waals surface area contributed by atoms with Gasteiger partial charge in [0.2, 0.25) is 0 Å². The summed E-state index contributed by atoms with van der Waals surface area (Å²) in [7, 11) is 1.59. The molecule has 31 heavy (non-hydrogen) atoms. The van der Waals surface area contributed by atoms with Crippen molar-refractivity contribution in [2.75, 3.05) is 13.7 Å². The van der Waals surface area contributed by atoms with Crippen LogP contribution in [0, 0.1) is 5.41 Å². The molecule has 1 aromatic heterocycles. The normalized spacial score (nSPS) is 18.0. The van der Waals surface area contributed by atoms with Gasteiger partial charge in [0.05, 0.1) is 25.6 Å². The SMILES string of the molecule is COc1cc(-n2ncc(C3CC3c3ccc(Cl)cc3)cc2=O)ccc1OCC(C)(C)C. The second-order valence-electron chi connectivity index (χ2n) is 9.22. The molecule has 1 fully saturated rings. The van der Waals surface area contributed by atoms with Gasteiger partial charge in [-0.1, -0.05) is 44.5 Å². The first-order valence-corrected chi connectivity index (χ1v) is 10.8. The maximum absolute atomic E-state index is 12.8. The summed E-state index contributed by atoms with van der Waals surface area (Å²) in [5, 5.41) is 5.16. The highest BCUT2D eigenvalue weighted by atomic mass is 35.5. The first-order valence-electron chi connectivity index (χ1n) is 10.4. The molecule has 2 unspecified atom stereocenters. The zero-order valence-corrected chi connectivity index (χ0v) is 19.0. The molecule has 0 bridgehead atoms. The fraction of sp³-hybridized carbons (Fsp3) is 0.360. The van der Waals surface area contributed by atoms with Crippen LogP contribution >= 0.6 is 11.6 Å². The molecule has 2 atom stereocenters. The van der Waals surface area contributed by atoms with E-state index in [2.05, 4.69) is 38.0 Å². The highest BCUT2D eigenvalue weighted by Crippen LogP contribution is 2.54. The first kappa shape index (κ1) is 21.4. The van der Waals surface area contributed by atoms with E-state index in [1.807, 2.05) is 24.3 Å². The Morgan fingerprint density at radius 2 is 1.74 bits per heavy atom. The summed E-state index contributed by atoms with van der Waals surface area (Å²) in [6.07, 6.45) is 2.80. The van der Waals surface area contributed by atoms with E-state index in [1.165, 1.54) is 10.2 Å². The summed E-state index contributed by atoms with van der Waals surface area (Å²) in [5.74, 6) is 1.95. The summed E-state index contributed by atoms with van der Waals surface area (Å²) in [6.45, 7) is 6.88. The zero-order chi connectivity index (χ0) is 22.2. The van der Waals surface area contributed by atoms with Crippen molar-refractivity contribution < 1.29 is 9.47 Å². The lowest BCUT2D eigenvalue weighted by atomic mass is 9.99. The Labute approximate surface area is 187 Å². The first-order chi connectivity index (χ1) is 14.7. The number of ether oxygens (including phenoxy) is 2. The van der Waals surface area contributed by atoms with E-state index >= 15 is 0 Å². The molecule has 1 saturated carbocycles. The van der Waals surface area contributed by atoms with Gasteiger partial charge in [0, 0.05) is 17.2 Å². The number of aromatic nitrogens is 2. The molecule has 1 aliphatic carbocycles. The number of hydrogen-bond acceptors (Lipinski definition) is 4. The highest BCUT2D eigenvalue weighted by Gasteiger charge is 2.40. The minimum Gasteiger partial charge on any atom is -0.493 e. The fourth-order valence-electron chi connectivity index (χ4n) is 3.66. The van der Waals surface area contributed by atoms with Crippen LogP contribution < -0.4 is 15.0 Å². The van der Waals surface area contributed by atoms with Crippen molar-refractivity contribution in [3.8, 4) is 17.2 Å². The molecule has 0 N–H and O–H groups in total. The highest BCUT2D eigenvalue weighted by molar-refractivity contribution is 6.30. The van der Waals surface area contributed by atoms with E-state index in [0.29, 0.717) is 35.6 Å². The van der Waals surface area contributed by atoms with E-state index < -0.39 is 0 Å². The third-order valence-corrected chi connectivity index (χ3v) is 5.64. The monoisotopic (exact) mass is 438 g/mol. The summed E-state index contributed by atoms with van der Waals surface area (Å²) < 4.78 is 12.8. The van der Waals surface area contributed by atoms with Gasteiger partial charge in [-0.15, -0.1) is 0 Å². The Bertz CT molecular complexity index is 1130. The Kier molecular flexibility index (Phi) is 5.80. The van der Waals surface area contributed by atoms with E-state index in [4.69, 9.17) is 21.1 Å². The van der Waals surface area contributed by atoms with Crippen LogP contribution in [0.2, 0.25) is 5.02 Å². The van der Waals surface area contributed by atoms with Crippen LogP contribution in [0.4, 0.5) is 0 Å². The molecular formula is C25H27ClN2O3. The molecule has 0 radical (unpaired) electrons. The molecule has 5 nitrogen and oxygen atoms in total. The molecular weight excluding hydrogens is 412 g/mol. The molecule has 6 heteroatoms. The molecule has 0 amide bonds. The molecule has 162 valence electrons. The number of benzene rings is 2. The van der Waals surface area contributed by atoms with E-state index in [1.54, 1.807) is 25.4 Å². The van der Waals surface area contributed by atoms with Gasteiger partial charge >= 0.3 is 0 Å². The molecule has 3 aromatic rings. The topological polar surface area (TPSA) is 53.4 Å². The Morgan fingerprint density at radius 1 is 1.03 bits per heavy atom. The second-order valence-corrected chi connectivity index (χ2v) is 9.66. The van der Waals surface area contributed by atoms with Gasteiger partial charge < -0.3 is 9.47 Å². The van der Waals surface area contributed by atoms with Crippen LogP contribution in [-0.2, 0) is 0 Å². The van der Waals surface area contributed by atoms with Crippen LogP contribution in [0.15, 0.2) is 59.5 Å². The predicted octanol–water partition coefficient (Wildman–Crippen LogP) is 5.59. The van der Waals surface area contributed by atoms with Gasteiger partial charge in [0.25, 0.3) is 5.56 Å². The number of rotatable bonds is 6. The minimum atomic E-state index is -0.162. The van der Waals surface area contributed by atoms with Crippen molar-refractivity contribution in [3.05, 3.63) is 81.2 Å². The van der Waals surface area contributed by atoms with Crippen LogP contribution in [0.5, 0.6) is 11.5 Å². The zero-order valence-electron chi connectivity index (χ0n) is 18.3. The van der Waals surface area contributed by atoms with Crippen molar-refractivity contribution in [1.29, 1.82) is 0 Å². The maximum Gasteiger partial charge on any atom is 0.271 e. The lowest BCUT2D eigenvalue weighted by Crippen LogP contribution is -2.21. The quantitative estimate of drug-likeness (QED) is 0.503. The molecule has 4 rings (SSSR count). The Balaban J connectivity index is 1.53.